The minimum absolute atomic E-state index is 0.0820. The highest BCUT2D eigenvalue weighted by Crippen LogP contribution is 2.42. The molecule has 4 atom stereocenters. The molecule has 0 aliphatic carbocycles. The molecule has 2 aromatic carbocycles. The number of rotatable bonds is 12. The largest absolute Gasteiger partial charge is 0.454 e. The van der Waals surface area contributed by atoms with E-state index in [1.165, 1.54) is 53.4 Å². The van der Waals surface area contributed by atoms with Gasteiger partial charge in [0.05, 0.1) is 27.9 Å². The Morgan fingerprint density at radius 2 is 1.44 bits per heavy atom. The quantitative estimate of drug-likeness (QED) is 0.0667. The summed E-state index contributed by atoms with van der Waals surface area (Å²) in [6, 6.07) is 9.86. The first-order chi connectivity index (χ1) is 24.3. The lowest BCUT2D eigenvalue weighted by Gasteiger charge is -2.49. The maximum absolute atomic E-state index is 13.5. The minimum Gasteiger partial charge on any atom is -0.454 e. The van der Waals surface area contributed by atoms with Crippen molar-refractivity contribution in [1.82, 2.24) is 9.80 Å². The number of likely N-dealkylation sites (tertiary alicyclic amines) is 2. The fraction of sp³-hybridized carbons (Fsp3) is 0.500. The fourth-order valence-corrected chi connectivity index (χ4v) is 8.18. The Bertz CT molecular complexity index is 1710. The van der Waals surface area contributed by atoms with Crippen LogP contribution in [0.15, 0.2) is 48.5 Å². The van der Waals surface area contributed by atoms with Gasteiger partial charge in [-0.15, -0.1) is 0 Å². The van der Waals surface area contributed by atoms with Gasteiger partial charge in [-0.3, -0.25) is 39.5 Å². The Morgan fingerprint density at radius 1 is 0.923 bits per heavy atom. The lowest BCUT2D eigenvalue weighted by atomic mass is 9.81. The molecule has 0 N–H and O–H groups in total. The van der Waals surface area contributed by atoms with Crippen molar-refractivity contribution in [1.29, 1.82) is 0 Å². The normalized spacial score (nSPS) is 19.4. The number of hydrogen-bond donors (Lipinski definition) is 0. The number of esters is 1. The number of non-ortho nitro benzene ring substituents is 2. The molecule has 0 radical (unpaired) electrons. The van der Waals surface area contributed by atoms with Gasteiger partial charge in [0.25, 0.3) is 11.4 Å². The first-order valence-electron chi connectivity index (χ1n) is 16.6. The molecule has 0 bridgehead atoms. The highest BCUT2D eigenvalue weighted by molar-refractivity contribution is 8.14. The molecule has 2 aromatic rings. The topological polar surface area (TPSA) is 206 Å². The number of hydrogen-bond acceptors (Lipinski definition) is 13. The number of imide groups is 1. The number of nitro benzene ring substituents is 2. The van der Waals surface area contributed by atoms with Gasteiger partial charge in [0.1, 0.15) is 13.2 Å². The van der Waals surface area contributed by atoms with Crippen molar-refractivity contribution >= 4 is 60.4 Å². The molecule has 52 heavy (non-hydrogen) atoms. The van der Waals surface area contributed by atoms with E-state index in [4.69, 9.17) is 13.9 Å². The molecule has 0 saturated carbocycles. The molecule has 2 saturated heterocycles. The van der Waals surface area contributed by atoms with Crippen LogP contribution in [-0.4, -0.2) is 87.4 Å². The van der Waals surface area contributed by atoms with Gasteiger partial charge < -0.3 is 18.8 Å². The Labute approximate surface area is 305 Å². The van der Waals surface area contributed by atoms with Crippen LogP contribution >= 0.6 is 11.8 Å². The van der Waals surface area contributed by atoms with Crippen molar-refractivity contribution in [2.75, 3.05) is 13.1 Å². The van der Waals surface area contributed by atoms with Gasteiger partial charge in [-0.2, -0.15) is 0 Å². The van der Waals surface area contributed by atoms with Crippen LogP contribution in [0, 0.1) is 26.1 Å². The summed E-state index contributed by atoms with van der Waals surface area (Å²) in [6.07, 6.45) is -1.03. The van der Waals surface area contributed by atoms with E-state index in [2.05, 4.69) is 0 Å². The number of nitro groups is 2. The van der Waals surface area contributed by atoms with Crippen LogP contribution in [0.2, 0.25) is 18.1 Å². The molecule has 2 fully saturated rings. The number of benzene rings is 2. The zero-order valence-corrected chi connectivity index (χ0v) is 31.6. The van der Waals surface area contributed by atoms with Gasteiger partial charge in [0.2, 0.25) is 5.91 Å². The van der Waals surface area contributed by atoms with Gasteiger partial charge in [-0.25, -0.2) is 9.59 Å². The van der Waals surface area contributed by atoms with Crippen LogP contribution in [-0.2, 0) is 46.3 Å². The predicted octanol–water partition coefficient (Wildman–Crippen LogP) is 5.37. The van der Waals surface area contributed by atoms with E-state index in [9.17, 15) is 44.2 Å². The summed E-state index contributed by atoms with van der Waals surface area (Å²) < 4.78 is 17.0. The molecule has 4 rings (SSSR count). The number of amides is 3. The van der Waals surface area contributed by atoms with Gasteiger partial charge in [-0.05, 0) is 66.9 Å². The van der Waals surface area contributed by atoms with Crippen molar-refractivity contribution in [3.05, 3.63) is 79.9 Å². The number of β-lactam (4-membered cyclic amide) rings is 1. The second kappa shape index (κ2) is 16.3. The van der Waals surface area contributed by atoms with E-state index >= 15 is 0 Å². The van der Waals surface area contributed by atoms with E-state index in [-0.39, 0.29) is 53.0 Å². The fourth-order valence-electron chi connectivity index (χ4n) is 5.63. The predicted molar refractivity (Wildman–Crippen MR) is 190 cm³/mol. The Morgan fingerprint density at radius 3 is 1.94 bits per heavy atom. The summed E-state index contributed by atoms with van der Waals surface area (Å²) in [4.78, 5) is 88.6. The highest BCUT2D eigenvalue weighted by Gasteiger charge is 2.56. The molecule has 16 nitrogen and oxygen atoms in total. The highest BCUT2D eigenvalue weighted by atomic mass is 32.2. The lowest BCUT2D eigenvalue weighted by molar-refractivity contribution is -0.385. The molecule has 280 valence electrons. The first-order valence-corrected chi connectivity index (χ1v) is 20.4. The summed E-state index contributed by atoms with van der Waals surface area (Å²) in [6.45, 7) is 12.0. The van der Waals surface area contributed by atoms with Crippen molar-refractivity contribution in [2.24, 2.45) is 5.92 Å². The van der Waals surface area contributed by atoms with E-state index in [0.717, 1.165) is 16.7 Å². The summed E-state index contributed by atoms with van der Waals surface area (Å²) in [5.41, 5.74) is 0.721. The molecule has 0 aromatic heterocycles. The second-order valence-corrected chi connectivity index (χ2v) is 20.3. The molecular weight excluding hydrogens is 717 g/mol. The van der Waals surface area contributed by atoms with E-state index in [1.807, 2.05) is 33.9 Å². The van der Waals surface area contributed by atoms with Crippen molar-refractivity contribution in [2.45, 2.75) is 89.3 Å². The molecule has 18 heteroatoms. The maximum atomic E-state index is 13.5. The molecule has 3 amide bonds. The summed E-state index contributed by atoms with van der Waals surface area (Å²) in [5.74, 6) is -4.08. The third-order valence-corrected chi connectivity index (χ3v) is 15.3. The van der Waals surface area contributed by atoms with Crippen LogP contribution in [0.1, 0.15) is 51.7 Å². The molecule has 2 aliphatic rings. The summed E-state index contributed by atoms with van der Waals surface area (Å²) in [7, 11) is -2.38. The second-order valence-electron chi connectivity index (χ2n) is 14.2. The van der Waals surface area contributed by atoms with Crippen LogP contribution < -0.4 is 0 Å². The first kappa shape index (κ1) is 40.1. The molecular formula is C34H42N4O12SSi. The average Bonchev–Trinajstić information content (AvgIpc) is 3.53. The minimum atomic E-state index is -2.38. The van der Waals surface area contributed by atoms with Crippen LogP contribution in [0.3, 0.4) is 0 Å². The zero-order chi connectivity index (χ0) is 38.5. The molecule has 2 heterocycles. The number of carbonyl (C=O) groups excluding carboxylic acids is 5. The van der Waals surface area contributed by atoms with Crippen LogP contribution in [0.25, 0.3) is 0 Å². The molecule has 2 aliphatic heterocycles. The average molecular weight is 759 g/mol. The van der Waals surface area contributed by atoms with E-state index in [0.29, 0.717) is 24.1 Å². The van der Waals surface area contributed by atoms with Crippen LogP contribution in [0.4, 0.5) is 16.2 Å². The number of ether oxygens (including phenoxy) is 2. The smallest absolute Gasteiger partial charge is 0.410 e. The van der Waals surface area contributed by atoms with Crippen molar-refractivity contribution < 1.29 is 47.7 Å². The monoisotopic (exact) mass is 758 g/mol. The molecule has 0 unspecified atom stereocenters. The maximum Gasteiger partial charge on any atom is 0.410 e. The summed E-state index contributed by atoms with van der Waals surface area (Å²) >= 11 is 0.992. The standard InChI is InChI=1S/C34H42N4O12SSi/c1-21(50-52(5,6)34(2,3)4)29-27(36(30(29)40)31(41)32(42)48-19-22-7-11-24(12-8-22)37(44)45)17-28(39)51-26-15-16-35(18-26)33(43)49-20-23-9-13-25(14-10-23)38(46)47/h7-14,21,26-27,29H,15-20H2,1-6H3/t21-,26+,27-,29-/m1/s1. The number of thioether (sulfide) groups is 1. The summed E-state index contributed by atoms with van der Waals surface area (Å²) in [5, 5.41) is 21.0. The number of nitrogens with zero attached hydrogens (tertiary/aromatic N) is 4. The van der Waals surface area contributed by atoms with Crippen molar-refractivity contribution in [3.8, 4) is 0 Å². The van der Waals surface area contributed by atoms with Gasteiger partial charge >= 0.3 is 18.0 Å². The van der Waals surface area contributed by atoms with Crippen LogP contribution in [0.5, 0.6) is 0 Å². The van der Waals surface area contributed by atoms with Gasteiger partial charge in [0.15, 0.2) is 13.4 Å². The van der Waals surface area contributed by atoms with E-state index < -0.39 is 60.1 Å². The molecule has 0 spiro atoms. The third-order valence-electron chi connectivity index (χ3n) is 9.56. The van der Waals surface area contributed by atoms with E-state index in [1.54, 1.807) is 6.92 Å². The zero-order valence-electron chi connectivity index (χ0n) is 29.8. The Hall–Kier alpha value is -4.68. The SMILES string of the molecule is C[C@@H](O[Si](C)(C)C(C)(C)C)[C@H]1C(=O)N(C(=O)C(=O)OCc2ccc([N+](=O)[O-])cc2)[C@@H]1CC(=O)S[C@H]1CCN(C(=O)OCc2ccc([N+](=O)[O-])cc2)C1. The van der Waals surface area contributed by atoms with Gasteiger partial charge in [0, 0.05) is 49.0 Å². The third kappa shape index (κ3) is 9.59. The lowest BCUT2D eigenvalue weighted by Crippen LogP contribution is -2.68. The van der Waals surface area contributed by atoms with Gasteiger partial charge in [-0.1, -0.05) is 32.5 Å². The Balaban J connectivity index is 1.38. The Kier molecular flexibility index (Phi) is 12.6. The van der Waals surface area contributed by atoms with Crippen molar-refractivity contribution in [3.63, 3.8) is 0 Å². The number of carbonyl (C=O) groups is 5.